The number of nitrogens with zero attached hydrogens (tertiary/aromatic N) is 2. The molecule has 0 radical (unpaired) electrons. The second-order valence-corrected chi connectivity index (χ2v) is 8.70. The fourth-order valence-electron chi connectivity index (χ4n) is 4.44. The highest BCUT2D eigenvalue weighted by Crippen LogP contribution is 2.50. The molecule has 2 unspecified atom stereocenters. The van der Waals surface area contributed by atoms with Crippen LogP contribution in [0, 0.1) is 11.7 Å². The van der Waals surface area contributed by atoms with Gasteiger partial charge < -0.3 is 10.5 Å². The number of H-pyrrole nitrogens is 1. The molecular formula is C26H29FN4O4. The number of ether oxygens (including phenoxy) is 1. The number of aromatic amines is 1. The summed E-state index contributed by atoms with van der Waals surface area (Å²) in [6, 6.07) is 13.5. The van der Waals surface area contributed by atoms with Crippen molar-refractivity contribution in [3.63, 3.8) is 0 Å². The van der Waals surface area contributed by atoms with Gasteiger partial charge in [0.25, 0.3) is 5.56 Å². The third-order valence-corrected chi connectivity index (χ3v) is 6.42. The first-order valence-corrected chi connectivity index (χ1v) is 11.7. The molecule has 8 nitrogen and oxygen atoms in total. The molecule has 2 aromatic carbocycles. The van der Waals surface area contributed by atoms with Crippen molar-refractivity contribution in [2.24, 2.45) is 5.92 Å². The average Bonchev–Trinajstić information content (AvgIpc) is 3.64. The summed E-state index contributed by atoms with van der Waals surface area (Å²) < 4.78 is 21.1. The normalized spacial score (nSPS) is 16.7. The molecule has 0 saturated heterocycles. The second-order valence-electron chi connectivity index (χ2n) is 8.70. The van der Waals surface area contributed by atoms with Crippen molar-refractivity contribution in [3.05, 3.63) is 86.3 Å². The molecular weight excluding hydrogens is 451 g/mol. The van der Waals surface area contributed by atoms with Gasteiger partial charge in [0, 0.05) is 18.0 Å². The number of para-hydroxylation sites is 1. The Morgan fingerprint density at radius 1 is 1.20 bits per heavy atom. The van der Waals surface area contributed by atoms with Crippen molar-refractivity contribution < 1.29 is 13.9 Å². The fraction of sp³-hybridized carbons (Fsp3) is 0.346. The second kappa shape index (κ2) is 10.2. The highest BCUT2D eigenvalue weighted by atomic mass is 19.1. The van der Waals surface area contributed by atoms with Crippen LogP contribution in [0.25, 0.3) is 0 Å². The maximum Gasteiger partial charge on any atom is 0.330 e. The molecule has 0 aliphatic heterocycles. The summed E-state index contributed by atoms with van der Waals surface area (Å²) >= 11 is 0. The van der Waals surface area contributed by atoms with Gasteiger partial charge in [0.15, 0.2) is 5.69 Å². The molecule has 35 heavy (non-hydrogen) atoms. The molecule has 1 saturated carbocycles. The van der Waals surface area contributed by atoms with Gasteiger partial charge in [-0.1, -0.05) is 49.7 Å². The van der Waals surface area contributed by atoms with Crippen LogP contribution in [0.3, 0.4) is 0 Å². The maximum absolute atomic E-state index is 14.4. The van der Waals surface area contributed by atoms with Crippen LogP contribution >= 0.6 is 0 Å². The number of benzene rings is 2. The van der Waals surface area contributed by atoms with Crippen LogP contribution in [-0.2, 0) is 17.9 Å². The van der Waals surface area contributed by atoms with E-state index >= 15 is 0 Å². The average molecular weight is 481 g/mol. The first-order chi connectivity index (χ1) is 16.9. The van der Waals surface area contributed by atoms with Crippen molar-refractivity contribution >= 4 is 17.4 Å². The molecule has 1 aromatic heterocycles. The number of hydrogen-bond acceptors (Lipinski definition) is 5. The Hall–Kier alpha value is -3.88. The molecule has 1 heterocycles. The number of unbranched alkanes of at least 4 members (excludes halogenated alkanes) is 1. The number of hydrogen-bond donors (Lipinski definition) is 2. The monoisotopic (exact) mass is 480 g/mol. The predicted octanol–water partition coefficient (Wildman–Crippen LogP) is 3.40. The maximum atomic E-state index is 14.4. The summed E-state index contributed by atoms with van der Waals surface area (Å²) in [5, 5.41) is 0. The van der Waals surface area contributed by atoms with Crippen LogP contribution in [0.5, 0.6) is 5.75 Å². The van der Waals surface area contributed by atoms with Gasteiger partial charge in [-0.3, -0.25) is 24.0 Å². The summed E-state index contributed by atoms with van der Waals surface area (Å²) in [7, 11) is 1.52. The largest absolute Gasteiger partial charge is 0.496 e. The molecule has 1 amide bonds. The van der Waals surface area contributed by atoms with E-state index in [9.17, 15) is 18.8 Å². The number of rotatable bonds is 9. The van der Waals surface area contributed by atoms with Gasteiger partial charge in [0.2, 0.25) is 5.91 Å². The van der Waals surface area contributed by atoms with Gasteiger partial charge in [-0.25, -0.2) is 9.18 Å². The highest BCUT2D eigenvalue weighted by Gasteiger charge is 2.48. The van der Waals surface area contributed by atoms with Crippen LogP contribution in [-0.4, -0.2) is 22.6 Å². The lowest BCUT2D eigenvalue weighted by molar-refractivity contribution is -0.120. The van der Waals surface area contributed by atoms with Crippen molar-refractivity contribution in [1.29, 1.82) is 0 Å². The molecule has 9 heteroatoms. The van der Waals surface area contributed by atoms with Crippen molar-refractivity contribution in [1.82, 2.24) is 9.55 Å². The van der Waals surface area contributed by atoms with Crippen LogP contribution in [0.2, 0.25) is 0 Å². The molecule has 3 N–H and O–H groups in total. The minimum absolute atomic E-state index is 0.00258. The lowest BCUT2D eigenvalue weighted by Gasteiger charge is -2.25. The fourth-order valence-corrected chi connectivity index (χ4v) is 4.44. The number of methoxy groups -OCH3 is 1. The summed E-state index contributed by atoms with van der Waals surface area (Å²) in [6.45, 7) is 2.28. The van der Waals surface area contributed by atoms with E-state index in [4.69, 9.17) is 10.5 Å². The molecule has 184 valence electrons. The molecule has 1 aliphatic rings. The van der Waals surface area contributed by atoms with Crippen LogP contribution < -0.4 is 26.6 Å². The first-order valence-electron chi connectivity index (χ1n) is 11.7. The van der Waals surface area contributed by atoms with Crippen LogP contribution in [0.4, 0.5) is 15.9 Å². The number of anilines is 2. The van der Waals surface area contributed by atoms with E-state index in [0.717, 1.165) is 6.42 Å². The summed E-state index contributed by atoms with van der Waals surface area (Å²) in [5.74, 6) is -1.07. The van der Waals surface area contributed by atoms with Crippen molar-refractivity contribution in [2.45, 2.75) is 45.2 Å². The van der Waals surface area contributed by atoms with Gasteiger partial charge >= 0.3 is 5.69 Å². The molecule has 3 aromatic rings. The Bertz CT molecular complexity index is 1350. The molecule has 1 aliphatic carbocycles. The number of aromatic nitrogens is 2. The summed E-state index contributed by atoms with van der Waals surface area (Å²) in [4.78, 5) is 42.8. The SMILES string of the molecule is CCCCn1c(N)c(N(Cc2ccccc2OC)C(=O)C2CC2c2ccccc2F)c(=O)[nH]c1=O. The van der Waals surface area contributed by atoms with E-state index in [-0.39, 0.29) is 35.7 Å². The van der Waals surface area contributed by atoms with E-state index in [1.165, 1.54) is 22.6 Å². The van der Waals surface area contributed by atoms with E-state index in [1.54, 1.807) is 42.5 Å². The van der Waals surface area contributed by atoms with Crippen molar-refractivity contribution in [2.75, 3.05) is 17.7 Å². The van der Waals surface area contributed by atoms with Gasteiger partial charge in [-0.05, 0) is 36.5 Å². The topological polar surface area (TPSA) is 110 Å². The van der Waals surface area contributed by atoms with Gasteiger partial charge in [-0.2, -0.15) is 0 Å². The predicted molar refractivity (Wildman–Crippen MR) is 132 cm³/mol. The summed E-state index contributed by atoms with van der Waals surface area (Å²) in [6.07, 6.45) is 1.94. The zero-order valence-electron chi connectivity index (χ0n) is 19.8. The number of carbonyl (C=O) groups excluding carboxylic acids is 1. The number of halogens is 1. The molecule has 0 spiro atoms. The van der Waals surface area contributed by atoms with E-state index in [2.05, 4.69) is 4.98 Å². The number of nitrogen functional groups attached to an aromatic ring is 1. The quantitative estimate of drug-likeness (QED) is 0.488. The van der Waals surface area contributed by atoms with E-state index in [0.29, 0.717) is 36.3 Å². The number of carbonyl (C=O) groups is 1. The minimum Gasteiger partial charge on any atom is -0.496 e. The van der Waals surface area contributed by atoms with E-state index in [1.807, 2.05) is 6.92 Å². The van der Waals surface area contributed by atoms with Crippen LogP contribution in [0.15, 0.2) is 58.1 Å². The Kier molecular flexibility index (Phi) is 7.04. The first kappa shape index (κ1) is 24.3. The lowest BCUT2D eigenvalue weighted by atomic mass is 10.1. The smallest absolute Gasteiger partial charge is 0.330 e. The molecule has 1 fully saturated rings. The van der Waals surface area contributed by atoms with Gasteiger partial charge in [0.05, 0.1) is 13.7 Å². The van der Waals surface area contributed by atoms with Gasteiger partial charge in [-0.15, -0.1) is 0 Å². The molecule has 0 bridgehead atoms. The number of nitrogens with two attached hydrogens (primary N) is 1. The number of amides is 1. The Morgan fingerprint density at radius 2 is 1.91 bits per heavy atom. The Labute approximate surface area is 202 Å². The number of nitrogens with one attached hydrogen (secondary N) is 1. The standard InChI is InChI=1S/C26H29FN4O4/c1-3-4-13-30-23(28)22(24(32)29-26(30)34)31(15-16-9-5-8-12-21(16)35-2)25(33)19-14-18(19)17-10-6-7-11-20(17)27/h5-12,18-19H,3-4,13-15,28H2,1-2H3,(H,29,32,34). The third-order valence-electron chi connectivity index (χ3n) is 6.42. The zero-order valence-corrected chi connectivity index (χ0v) is 19.8. The van der Waals surface area contributed by atoms with Gasteiger partial charge in [0.1, 0.15) is 17.4 Å². The minimum atomic E-state index is -0.744. The zero-order chi connectivity index (χ0) is 25.1. The third kappa shape index (κ3) is 4.84. The Morgan fingerprint density at radius 3 is 2.63 bits per heavy atom. The molecule has 4 rings (SSSR count). The Balaban J connectivity index is 1.78. The molecule has 2 atom stereocenters. The lowest BCUT2D eigenvalue weighted by Crippen LogP contribution is -2.41. The van der Waals surface area contributed by atoms with Crippen molar-refractivity contribution in [3.8, 4) is 5.75 Å². The van der Waals surface area contributed by atoms with E-state index < -0.39 is 17.2 Å². The van der Waals surface area contributed by atoms with Crippen LogP contribution in [0.1, 0.15) is 43.2 Å². The highest BCUT2D eigenvalue weighted by molar-refractivity contribution is 5.99. The summed E-state index contributed by atoms with van der Waals surface area (Å²) in [5.41, 5.74) is 6.02.